The Kier molecular flexibility index (Phi) is 8.25. The predicted molar refractivity (Wildman–Crippen MR) is 85.2 cm³/mol. The van der Waals surface area contributed by atoms with Gasteiger partial charge in [0.05, 0.1) is 5.75 Å². The fourth-order valence-electron chi connectivity index (χ4n) is 1.79. The van der Waals surface area contributed by atoms with Crippen molar-refractivity contribution >= 4 is 15.9 Å². The number of ether oxygens (including phenoxy) is 1. The Balaban J connectivity index is 4.26. The number of amides is 1. The summed E-state index contributed by atoms with van der Waals surface area (Å²) in [5.74, 6) is 0.248. The molecule has 0 saturated carbocycles. The lowest BCUT2D eigenvalue weighted by molar-refractivity contribution is 0.0521. The molecular weight excluding hydrogens is 292 g/mol. The standard InChI is InChI=1S/C14H30N2O4S/c1-7-12(9-15-13(17)20-14(4,5)6)16-11(3)10-21(18,19)8-2/h11-12,16H,7-10H2,1-6H3,(H,15,17). The molecular formula is C14H30N2O4S. The van der Waals surface area contributed by atoms with Crippen LogP contribution in [0.4, 0.5) is 4.79 Å². The second-order valence-corrected chi connectivity index (χ2v) is 8.65. The van der Waals surface area contributed by atoms with Gasteiger partial charge in [0.15, 0.2) is 9.84 Å². The third-order valence-corrected chi connectivity index (χ3v) is 4.74. The first kappa shape index (κ1) is 20.2. The van der Waals surface area contributed by atoms with E-state index in [1.165, 1.54) is 0 Å². The van der Waals surface area contributed by atoms with Gasteiger partial charge in [0.1, 0.15) is 5.60 Å². The van der Waals surface area contributed by atoms with E-state index in [0.717, 1.165) is 6.42 Å². The highest BCUT2D eigenvalue weighted by Crippen LogP contribution is 2.06. The van der Waals surface area contributed by atoms with Crippen molar-refractivity contribution in [3.8, 4) is 0 Å². The van der Waals surface area contributed by atoms with Crippen LogP contribution in [0, 0.1) is 0 Å². The molecule has 21 heavy (non-hydrogen) atoms. The van der Waals surface area contributed by atoms with Crippen LogP contribution in [-0.2, 0) is 14.6 Å². The average molecular weight is 322 g/mol. The summed E-state index contributed by atoms with van der Waals surface area (Å²) in [5.41, 5.74) is -0.526. The molecule has 126 valence electrons. The first-order valence-electron chi connectivity index (χ1n) is 7.42. The number of hydrogen-bond donors (Lipinski definition) is 2. The zero-order valence-electron chi connectivity index (χ0n) is 14.0. The highest BCUT2D eigenvalue weighted by molar-refractivity contribution is 7.91. The summed E-state index contributed by atoms with van der Waals surface area (Å²) in [6, 6.07) is -0.139. The van der Waals surface area contributed by atoms with Gasteiger partial charge < -0.3 is 15.4 Å². The number of hydrogen-bond acceptors (Lipinski definition) is 5. The van der Waals surface area contributed by atoms with Gasteiger partial charge in [-0.3, -0.25) is 0 Å². The molecule has 6 nitrogen and oxygen atoms in total. The van der Waals surface area contributed by atoms with Crippen LogP contribution in [0.5, 0.6) is 0 Å². The van der Waals surface area contributed by atoms with Crippen molar-refractivity contribution in [1.82, 2.24) is 10.6 Å². The van der Waals surface area contributed by atoms with Crippen molar-refractivity contribution < 1.29 is 17.9 Å². The summed E-state index contributed by atoms with van der Waals surface area (Å²) >= 11 is 0. The van der Waals surface area contributed by atoms with Crippen molar-refractivity contribution in [2.75, 3.05) is 18.1 Å². The monoisotopic (exact) mass is 322 g/mol. The molecule has 0 bridgehead atoms. The number of alkyl carbamates (subject to hydrolysis) is 1. The molecule has 0 aliphatic rings. The molecule has 0 aromatic rings. The van der Waals surface area contributed by atoms with Gasteiger partial charge in [0, 0.05) is 24.4 Å². The molecule has 0 fully saturated rings. The van der Waals surface area contributed by atoms with E-state index in [2.05, 4.69) is 10.6 Å². The van der Waals surface area contributed by atoms with Crippen molar-refractivity contribution in [1.29, 1.82) is 0 Å². The Bertz CT molecular complexity index is 415. The second-order valence-electron chi connectivity index (χ2n) is 6.25. The lowest BCUT2D eigenvalue weighted by Crippen LogP contribution is -2.47. The summed E-state index contributed by atoms with van der Waals surface area (Å²) < 4.78 is 28.3. The molecule has 0 radical (unpaired) electrons. The zero-order chi connectivity index (χ0) is 16.7. The summed E-state index contributed by atoms with van der Waals surface area (Å²) in [7, 11) is -3.00. The van der Waals surface area contributed by atoms with Crippen molar-refractivity contribution in [3.05, 3.63) is 0 Å². The van der Waals surface area contributed by atoms with Crippen LogP contribution in [0.3, 0.4) is 0 Å². The number of sulfone groups is 1. The number of nitrogens with one attached hydrogen (secondary N) is 2. The minimum atomic E-state index is -3.00. The van der Waals surface area contributed by atoms with Crippen molar-refractivity contribution in [2.45, 2.75) is 65.6 Å². The SMILES string of the molecule is CCC(CNC(=O)OC(C)(C)C)NC(C)CS(=O)(=O)CC. The molecule has 7 heteroatoms. The van der Waals surface area contributed by atoms with Crippen molar-refractivity contribution in [3.63, 3.8) is 0 Å². The van der Waals surface area contributed by atoms with E-state index in [9.17, 15) is 13.2 Å². The third kappa shape index (κ3) is 10.5. The van der Waals surface area contributed by atoms with Gasteiger partial charge in [-0.25, -0.2) is 13.2 Å². The zero-order valence-corrected chi connectivity index (χ0v) is 14.8. The first-order chi connectivity index (χ1) is 9.49. The summed E-state index contributed by atoms with van der Waals surface area (Å²) in [5, 5.41) is 5.93. The summed E-state index contributed by atoms with van der Waals surface area (Å²) in [6.45, 7) is 11.3. The first-order valence-corrected chi connectivity index (χ1v) is 9.24. The molecule has 0 aliphatic carbocycles. The van der Waals surface area contributed by atoms with E-state index < -0.39 is 21.5 Å². The smallest absolute Gasteiger partial charge is 0.407 e. The highest BCUT2D eigenvalue weighted by Gasteiger charge is 2.19. The Morgan fingerprint density at radius 1 is 1.24 bits per heavy atom. The molecule has 2 N–H and O–H groups in total. The topological polar surface area (TPSA) is 84.5 Å². The number of rotatable bonds is 8. The van der Waals surface area contributed by atoms with Gasteiger partial charge in [-0.15, -0.1) is 0 Å². The van der Waals surface area contributed by atoms with E-state index in [-0.39, 0.29) is 23.6 Å². The molecule has 1 amide bonds. The Morgan fingerprint density at radius 3 is 2.24 bits per heavy atom. The van der Waals surface area contributed by atoms with Crippen LogP contribution >= 0.6 is 0 Å². The van der Waals surface area contributed by atoms with Crippen LogP contribution in [0.15, 0.2) is 0 Å². The Hall–Kier alpha value is -0.820. The Morgan fingerprint density at radius 2 is 1.81 bits per heavy atom. The van der Waals surface area contributed by atoms with E-state index in [4.69, 9.17) is 4.74 Å². The fraction of sp³-hybridized carbons (Fsp3) is 0.929. The summed E-state index contributed by atoms with van der Waals surface area (Å²) in [4.78, 5) is 11.6. The maximum absolute atomic E-state index is 11.6. The lowest BCUT2D eigenvalue weighted by Gasteiger charge is -2.24. The average Bonchev–Trinajstić information content (AvgIpc) is 2.31. The van der Waals surface area contributed by atoms with E-state index in [1.807, 2.05) is 13.8 Å². The fourth-order valence-corrected chi connectivity index (χ4v) is 2.88. The molecule has 0 heterocycles. The lowest BCUT2D eigenvalue weighted by atomic mass is 10.2. The molecule has 2 unspecified atom stereocenters. The van der Waals surface area contributed by atoms with Crippen molar-refractivity contribution in [2.24, 2.45) is 0 Å². The highest BCUT2D eigenvalue weighted by atomic mass is 32.2. The Labute approximate surface area is 128 Å². The van der Waals surface area contributed by atoms with Gasteiger partial charge in [-0.2, -0.15) is 0 Å². The molecule has 0 saturated heterocycles. The predicted octanol–water partition coefficient (Wildman–Crippen LogP) is 1.70. The second kappa shape index (κ2) is 8.58. The van der Waals surface area contributed by atoms with Gasteiger partial charge >= 0.3 is 6.09 Å². The van der Waals surface area contributed by atoms with Crippen LogP contribution in [0.2, 0.25) is 0 Å². The van der Waals surface area contributed by atoms with Crippen LogP contribution < -0.4 is 10.6 Å². The van der Waals surface area contributed by atoms with E-state index in [0.29, 0.717) is 6.54 Å². The minimum absolute atomic E-state index is 0.0135. The number of carbonyl (C=O) groups excluding carboxylic acids is 1. The molecule has 0 aromatic heterocycles. The van der Waals surface area contributed by atoms with E-state index in [1.54, 1.807) is 27.7 Å². The molecule has 2 atom stereocenters. The third-order valence-electron chi connectivity index (χ3n) is 2.85. The number of carbonyl (C=O) groups is 1. The van der Waals surface area contributed by atoms with E-state index >= 15 is 0 Å². The molecule has 0 aliphatic heterocycles. The van der Waals surface area contributed by atoms with Gasteiger partial charge in [0.2, 0.25) is 0 Å². The molecule has 0 aromatic carbocycles. The summed E-state index contributed by atoms with van der Waals surface area (Å²) in [6.07, 6.45) is 0.323. The van der Waals surface area contributed by atoms with Crippen LogP contribution in [0.1, 0.15) is 48.0 Å². The van der Waals surface area contributed by atoms with Crippen LogP contribution in [-0.4, -0.2) is 50.2 Å². The molecule has 0 spiro atoms. The van der Waals surface area contributed by atoms with Crippen LogP contribution in [0.25, 0.3) is 0 Å². The minimum Gasteiger partial charge on any atom is -0.444 e. The normalized spacial score (nSPS) is 15.3. The quantitative estimate of drug-likeness (QED) is 0.710. The molecule has 0 rings (SSSR count). The maximum atomic E-state index is 11.6. The van der Waals surface area contributed by atoms with Gasteiger partial charge in [-0.05, 0) is 34.1 Å². The largest absolute Gasteiger partial charge is 0.444 e. The maximum Gasteiger partial charge on any atom is 0.407 e. The van der Waals surface area contributed by atoms with Gasteiger partial charge in [0.25, 0.3) is 0 Å². The van der Waals surface area contributed by atoms with Gasteiger partial charge in [-0.1, -0.05) is 13.8 Å².